The summed E-state index contributed by atoms with van der Waals surface area (Å²) in [6, 6.07) is 12.4. The van der Waals surface area contributed by atoms with E-state index in [1.807, 2.05) is 0 Å². The molecule has 0 bridgehead atoms. The van der Waals surface area contributed by atoms with Crippen molar-refractivity contribution in [3.8, 4) is 5.75 Å². The third kappa shape index (κ3) is 6.68. The number of esters is 1. The van der Waals surface area contributed by atoms with Gasteiger partial charge >= 0.3 is 12.1 Å². The highest BCUT2D eigenvalue weighted by molar-refractivity contribution is 6.44. The van der Waals surface area contributed by atoms with E-state index in [1.165, 1.54) is 47.6 Å². The van der Waals surface area contributed by atoms with Gasteiger partial charge in [0.15, 0.2) is 0 Å². The highest BCUT2D eigenvalue weighted by Crippen LogP contribution is 2.32. The number of alkyl halides is 2. The van der Waals surface area contributed by atoms with Crippen LogP contribution in [0.4, 0.5) is 15.3 Å². The van der Waals surface area contributed by atoms with E-state index in [-0.39, 0.29) is 30.1 Å². The van der Waals surface area contributed by atoms with Gasteiger partial charge in [-0.2, -0.15) is 4.48 Å². The Bertz CT molecular complexity index is 1240. The van der Waals surface area contributed by atoms with Gasteiger partial charge < -0.3 is 24.3 Å². The average Bonchev–Trinajstić information content (AvgIpc) is 3.27. The Hall–Kier alpha value is -3.40. The van der Waals surface area contributed by atoms with Gasteiger partial charge in [-0.1, -0.05) is 12.1 Å². The van der Waals surface area contributed by atoms with Crippen LogP contribution in [0.1, 0.15) is 47.9 Å². The predicted molar refractivity (Wildman–Crippen MR) is 140 cm³/mol. The normalized spacial score (nSPS) is 16.9. The molecule has 1 aliphatic heterocycles. The summed E-state index contributed by atoms with van der Waals surface area (Å²) < 4.78 is 9.97. The monoisotopic (exact) mass is 547 g/mol. The number of carbonyl (C=O) groups is 3. The first-order valence-corrected chi connectivity index (χ1v) is 12.2. The van der Waals surface area contributed by atoms with Crippen molar-refractivity contribution in [2.45, 2.75) is 37.6 Å². The largest absolute Gasteiger partial charge is 0.497 e. The lowest BCUT2D eigenvalue weighted by atomic mass is 10.1. The first-order valence-electron chi connectivity index (χ1n) is 11.3. The molecule has 0 saturated heterocycles. The summed E-state index contributed by atoms with van der Waals surface area (Å²) in [5.41, 5.74) is 0.463. The average molecular weight is 548 g/mol. The van der Waals surface area contributed by atoms with Crippen LogP contribution in [0.25, 0.3) is 0 Å². The van der Waals surface area contributed by atoms with Crippen LogP contribution in [0.2, 0.25) is 0 Å². The number of aliphatic imine (C=N–C) groups is 1. The molecule has 2 amide bonds. The van der Waals surface area contributed by atoms with Crippen LogP contribution in [0, 0.1) is 0 Å². The van der Waals surface area contributed by atoms with Gasteiger partial charge in [0.2, 0.25) is 5.84 Å². The summed E-state index contributed by atoms with van der Waals surface area (Å²) in [6.07, 6.45) is 0.937. The van der Waals surface area contributed by atoms with Gasteiger partial charge in [0, 0.05) is 25.7 Å². The minimum atomic E-state index is -1.43. The number of carbonyl (C=O) groups excluding carboxylic acids is 3. The lowest BCUT2D eigenvalue weighted by Gasteiger charge is -2.32. The molecule has 0 fully saturated rings. The molecule has 3 rings (SSSR count). The second kappa shape index (κ2) is 11.3. The number of amidine groups is 1. The molecular formula is C26H27Cl2N3O6. The summed E-state index contributed by atoms with van der Waals surface area (Å²) >= 11 is 11.7. The molecule has 2 aromatic carbocycles. The van der Waals surface area contributed by atoms with Crippen molar-refractivity contribution in [2.75, 3.05) is 13.6 Å². The molecule has 0 aromatic heterocycles. The van der Waals surface area contributed by atoms with Gasteiger partial charge in [-0.25, -0.2) is 14.6 Å². The Morgan fingerprint density at radius 3 is 2.38 bits per heavy atom. The number of halogens is 2. The Morgan fingerprint density at radius 1 is 1.11 bits per heavy atom. The summed E-state index contributed by atoms with van der Waals surface area (Å²) in [4.78, 5) is 42.0. The quantitative estimate of drug-likeness (QED) is 0.204. The fraction of sp³-hybridized carbons (Fsp3) is 0.308. The van der Waals surface area contributed by atoms with Crippen LogP contribution in [0.3, 0.4) is 0 Å². The highest BCUT2D eigenvalue weighted by atomic mass is 35.5. The van der Waals surface area contributed by atoms with Crippen molar-refractivity contribution in [1.29, 1.82) is 0 Å². The fourth-order valence-corrected chi connectivity index (χ4v) is 3.83. The summed E-state index contributed by atoms with van der Waals surface area (Å²) in [5, 5.41) is 12.4. The van der Waals surface area contributed by atoms with E-state index in [0.717, 1.165) is 0 Å². The van der Waals surface area contributed by atoms with E-state index in [1.54, 1.807) is 46.0 Å². The maximum absolute atomic E-state index is 12.6. The van der Waals surface area contributed by atoms with Crippen molar-refractivity contribution in [3.63, 3.8) is 0 Å². The van der Waals surface area contributed by atoms with Crippen LogP contribution >= 0.6 is 23.2 Å². The fourth-order valence-electron chi connectivity index (χ4n) is 3.56. The zero-order valence-corrected chi connectivity index (χ0v) is 22.3. The predicted octanol–water partition coefficient (Wildman–Crippen LogP) is 5.17. The number of quaternary nitrogens is 1. The minimum Gasteiger partial charge on any atom is -0.497 e. The van der Waals surface area contributed by atoms with Crippen molar-refractivity contribution < 1.29 is 29.0 Å². The van der Waals surface area contributed by atoms with Gasteiger partial charge in [-0.3, -0.25) is 0 Å². The number of benzene rings is 2. The van der Waals surface area contributed by atoms with Crippen molar-refractivity contribution in [1.82, 2.24) is 9.38 Å². The maximum Gasteiger partial charge on any atom is 0.410 e. The summed E-state index contributed by atoms with van der Waals surface area (Å²) in [5.74, 6) is -0.176. The SMILES string of the molecule is CN(CCC1=NC=C[N+]1(C(=O)[O-])c1ccc(OC(=O)c2cccc(C(Cl)Cl)c2)cc1)C(=O)OC(C)(C)C. The molecule has 1 atom stereocenters. The van der Waals surface area contributed by atoms with Gasteiger partial charge in [-0.05, 0) is 50.6 Å². The number of ether oxygens (including phenoxy) is 2. The molecule has 2 aromatic rings. The zero-order valence-electron chi connectivity index (χ0n) is 20.8. The summed E-state index contributed by atoms with van der Waals surface area (Å²) in [7, 11) is 1.56. The van der Waals surface area contributed by atoms with E-state index in [0.29, 0.717) is 11.3 Å². The first kappa shape index (κ1) is 28.2. The van der Waals surface area contributed by atoms with E-state index in [4.69, 9.17) is 32.7 Å². The van der Waals surface area contributed by atoms with Crippen molar-refractivity contribution in [3.05, 3.63) is 72.1 Å². The minimum absolute atomic E-state index is 0.145. The number of rotatable bonds is 7. The van der Waals surface area contributed by atoms with E-state index < -0.39 is 33.1 Å². The molecule has 9 nitrogen and oxygen atoms in total. The molecule has 0 N–H and O–H groups in total. The zero-order chi connectivity index (χ0) is 27.4. The van der Waals surface area contributed by atoms with Gasteiger partial charge in [0.25, 0.3) is 6.09 Å². The lowest BCUT2D eigenvalue weighted by molar-refractivity contribution is -0.257. The van der Waals surface area contributed by atoms with E-state index in [2.05, 4.69) is 4.99 Å². The van der Waals surface area contributed by atoms with Crippen LogP contribution in [0.5, 0.6) is 5.75 Å². The van der Waals surface area contributed by atoms with Crippen molar-refractivity contribution in [2.24, 2.45) is 4.99 Å². The smallest absolute Gasteiger partial charge is 0.410 e. The molecule has 0 radical (unpaired) electrons. The molecule has 0 spiro atoms. The Balaban J connectivity index is 1.75. The Kier molecular flexibility index (Phi) is 8.63. The standard InChI is InChI=1S/C26H27Cl2N3O6/c1-26(2,3)37-24(33)30(4)14-12-21-29-13-15-31(21,25(34)35)19-8-10-20(11-9-19)36-23(32)18-7-5-6-17(16-18)22(27)28/h5-11,13,15-16,22H,12,14H2,1-4H3. The van der Waals surface area contributed by atoms with Crippen LogP contribution < -0.4 is 14.3 Å². The van der Waals surface area contributed by atoms with Crippen LogP contribution in [-0.2, 0) is 4.74 Å². The maximum atomic E-state index is 12.6. The van der Waals surface area contributed by atoms with Gasteiger partial charge in [-0.15, -0.1) is 23.2 Å². The topological polar surface area (TPSA) is 108 Å². The molecule has 1 unspecified atom stereocenters. The highest BCUT2D eigenvalue weighted by Gasteiger charge is 2.41. The second-order valence-corrected chi connectivity index (χ2v) is 10.4. The third-order valence-electron chi connectivity index (χ3n) is 5.41. The molecule has 1 aliphatic rings. The number of nitrogens with zero attached hydrogens (tertiary/aromatic N) is 3. The number of hydrogen-bond acceptors (Lipinski definition) is 7. The molecular weight excluding hydrogens is 521 g/mol. The number of carboxylic acid groups (broad SMARTS) is 1. The summed E-state index contributed by atoms with van der Waals surface area (Å²) in [6.45, 7) is 5.45. The molecule has 196 valence electrons. The van der Waals surface area contributed by atoms with E-state index >= 15 is 0 Å². The second-order valence-electron chi connectivity index (χ2n) is 9.29. The molecule has 0 saturated carbocycles. The first-order chi connectivity index (χ1) is 17.3. The third-order valence-corrected chi connectivity index (χ3v) is 5.92. The number of hydrogen-bond donors (Lipinski definition) is 0. The lowest BCUT2D eigenvalue weighted by Crippen LogP contribution is -2.59. The van der Waals surface area contributed by atoms with E-state index in [9.17, 15) is 19.5 Å². The Morgan fingerprint density at radius 2 is 1.78 bits per heavy atom. The molecule has 37 heavy (non-hydrogen) atoms. The van der Waals surface area contributed by atoms with Crippen LogP contribution in [-0.4, -0.2) is 48.1 Å². The Labute approximate surface area is 225 Å². The van der Waals surface area contributed by atoms with Gasteiger partial charge in [0.05, 0.1) is 18.2 Å². The number of amides is 2. The van der Waals surface area contributed by atoms with Crippen LogP contribution in [0.15, 0.2) is 65.9 Å². The van der Waals surface area contributed by atoms with Gasteiger partial charge in [0.1, 0.15) is 28.1 Å². The molecule has 0 aliphatic carbocycles. The van der Waals surface area contributed by atoms with Crippen molar-refractivity contribution >= 4 is 52.9 Å². The molecule has 1 heterocycles. The molecule has 11 heteroatoms.